The Bertz CT molecular complexity index is 920. The number of halogens is 1. The Morgan fingerprint density at radius 2 is 1.70 bits per heavy atom. The maximum absolute atomic E-state index is 13.0. The first-order chi connectivity index (χ1) is 11.0. The number of anilines is 1. The quantitative estimate of drug-likeness (QED) is 0.792. The molecular formula is C16H13FN2O3S. The maximum Gasteiger partial charge on any atom is 0.264 e. The lowest BCUT2D eigenvalue weighted by molar-refractivity contribution is 0.536. The van der Waals surface area contributed by atoms with Gasteiger partial charge in [0.05, 0.1) is 4.90 Å². The fourth-order valence-electron chi connectivity index (χ4n) is 2.08. The van der Waals surface area contributed by atoms with Crippen molar-refractivity contribution in [2.24, 2.45) is 0 Å². The second kappa shape index (κ2) is 5.85. The number of aryl methyl sites for hydroxylation is 1. The van der Waals surface area contributed by atoms with Gasteiger partial charge in [0, 0.05) is 12.5 Å². The van der Waals surface area contributed by atoms with Crippen molar-refractivity contribution >= 4 is 15.9 Å². The van der Waals surface area contributed by atoms with Crippen molar-refractivity contribution in [2.75, 3.05) is 4.72 Å². The van der Waals surface area contributed by atoms with Gasteiger partial charge in [0.1, 0.15) is 11.5 Å². The molecule has 0 aliphatic carbocycles. The van der Waals surface area contributed by atoms with E-state index in [1.54, 1.807) is 25.1 Å². The topological polar surface area (TPSA) is 72.2 Å². The fraction of sp³-hybridized carbons (Fsp3) is 0.0625. The summed E-state index contributed by atoms with van der Waals surface area (Å²) in [4.78, 5) is 4.28. The van der Waals surface area contributed by atoms with Crippen molar-refractivity contribution < 1.29 is 17.2 Å². The number of oxazole rings is 1. The summed E-state index contributed by atoms with van der Waals surface area (Å²) in [5.74, 6) is -0.0894. The zero-order valence-corrected chi connectivity index (χ0v) is 13.0. The average Bonchev–Trinajstić information content (AvgIpc) is 2.89. The van der Waals surface area contributed by atoms with Crippen molar-refractivity contribution in [3.63, 3.8) is 0 Å². The summed E-state index contributed by atoms with van der Waals surface area (Å²) >= 11 is 0. The lowest BCUT2D eigenvalue weighted by Gasteiger charge is -2.06. The summed E-state index contributed by atoms with van der Waals surface area (Å²) in [6.45, 7) is 1.60. The number of hydrogen-bond donors (Lipinski definition) is 1. The lowest BCUT2D eigenvalue weighted by Crippen LogP contribution is -2.12. The van der Waals surface area contributed by atoms with Crippen LogP contribution in [0.15, 0.2) is 63.9 Å². The van der Waals surface area contributed by atoms with Gasteiger partial charge in [-0.05, 0) is 36.4 Å². The van der Waals surface area contributed by atoms with Crippen LogP contribution >= 0.6 is 0 Å². The molecule has 7 heteroatoms. The number of rotatable bonds is 4. The highest BCUT2D eigenvalue weighted by Gasteiger charge is 2.20. The summed E-state index contributed by atoms with van der Waals surface area (Å²) < 4.78 is 45.6. The van der Waals surface area contributed by atoms with E-state index in [9.17, 15) is 12.8 Å². The highest BCUT2D eigenvalue weighted by atomic mass is 32.2. The van der Waals surface area contributed by atoms with Crippen LogP contribution in [0.3, 0.4) is 0 Å². The van der Waals surface area contributed by atoms with Gasteiger partial charge in [0.2, 0.25) is 5.88 Å². The van der Waals surface area contributed by atoms with Crippen LogP contribution in [0.5, 0.6) is 0 Å². The van der Waals surface area contributed by atoms with Gasteiger partial charge in [-0.25, -0.2) is 22.5 Å². The third-order valence-corrected chi connectivity index (χ3v) is 4.48. The van der Waals surface area contributed by atoms with Gasteiger partial charge in [0.15, 0.2) is 5.89 Å². The largest absolute Gasteiger partial charge is 0.424 e. The highest BCUT2D eigenvalue weighted by Crippen LogP contribution is 2.30. The number of benzene rings is 2. The molecule has 23 heavy (non-hydrogen) atoms. The molecule has 0 saturated carbocycles. The smallest absolute Gasteiger partial charge is 0.264 e. The molecule has 0 aliphatic heterocycles. The molecule has 0 fully saturated rings. The molecule has 0 atom stereocenters. The molecule has 118 valence electrons. The van der Waals surface area contributed by atoms with Crippen molar-refractivity contribution in [3.8, 4) is 11.3 Å². The Hall–Kier alpha value is -2.67. The van der Waals surface area contributed by atoms with Gasteiger partial charge in [-0.15, -0.1) is 0 Å². The minimum Gasteiger partial charge on any atom is -0.424 e. The van der Waals surface area contributed by atoms with Crippen LogP contribution in [0.1, 0.15) is 5.89 Å². The summed E-state index contributed by atoms with van der Waals surface area (Å²) in [5.41, 5.74) is 0.857. The van der Waals surface area contributed by atoms with E-state index in [1.165, 1.54) is 36.4 Å². The summed E-state index contributed by atoms with van der Waals surface area (Å²) in [6, 6.07) is 13.5. The van der Waals surface area contributed by atoms with Gasteiger partial charge in [-0.2, -0.15) is 0 Å². The number of hydrogen-bond acceptors (Lipinski definition) is 4. The maximum atomic E-state index is 13.0. The normalized spacial score (nSPS) is 11.4. The van der Waals surface area contributed by atoms with Crippen LogP contribution in [0.25, 0.3) is 11.3 Å². The molecule has 0 unspecified atom stereocenters. The monoisotopic (exact) mass is 332 g/mol. The molecule has 1 heterocycles. The van der Waals surface area contributed by atoms with Gasteiger partial charge in [0.25, 0.3) is 10.0 Å². The molecule has 0 spiro atoms. The first-order valence-electron chi connectivity index (χ1n) is 6.77. The molecule has 0 radical (unpaired) electrons. The summed E-state index contributed by atoms with van der Waals surface area (Å²) in [7, 11) is -3.80. The Morgan fingerprint density at radius 1 is 1.04 bits per heavy atom. The molecule has 0 amide bonds. The first-order valence-corrected chi connectivity index (χ1v) is 8.25. The molecule has 0 aliphatic rings. The summed E-state index contributed by atoms with van der Waals surface area (Å²) in [6.07, 6.45) is 0. The van der Waals surface area contributed by atoms with Gasteiger partial charge in [-0.3, -0.25) is 0 Å². The molecule has 0 saturated heterocycles. The number of nitrogens with one attached hydrogen (secondary N) is 1. The van der Waals surface area contributed by atoms with E-state index in [0.29, 0.717) is 17.1 Å². The van der Waals surface area contributed by atoms with Crippen LogP contribution in [0.2, 0.25) is 0 Å². The Labute approximate surface area is 132 Å². The van der Waals surface area contributed by atoms with E-state index < -0.39 is 10.0 Å². The number of sulfonamides is 1. The number of aromatic nitrogens is 1. The van der Waals surface area contributed by atoms with Crippen molar-refractivity contribution in [2.45, 2.75) is 11.8 Å². The van der Waals surface area contributed by atoms with E-state index in [2.05, 4.69) is 9.71 Å². The minimum absolute atomic E-state index is 0.00189. The highest BCUT2D eigenvalue weighted by molar-refractivity contribution is 7.92. The second-order valence-electron chi connectivity index (χ2n) is 4.84. The van der Waals surface area contributed by atoms with Crippen LogP contribution < -0.4 is 4.72 Å². The SMILES string of the molecule is Cc1nc(-c2ccc(F)cc2)c(NS(=O)(=O)c2ccccc2)o1. The Balaban J connectivity index is 2.00. The van der Waals surface area contributed by atoms with Gasteiger partial charge < -0.3 is 4.42 Å². The Morgan fingerprint density at radius 3 is 2.35 bits per heavy atom. The predicted molar refractivity (Wildman–Crippen MR) is 83.9 cm³/mol. The molecule has 1 N–H and O–H groups in total. The predicted octanol–water partition coefficient (Wildman–Crippen LogP) is 3.59. The van der Waals surface area contributed by atoms with Crippen molar-refractivity contribution in [1.29, 1.82) is 0 Å². The average molecular weight is 332 g/mol. The molecule has 2 aromatic carbocycles. The van der Waals surface area contributed by atoms with E-state index in [1.807, 2.05) is 0 Å². The standard InChI is InChI=1S/C16H13FN2O3S/c1-11-18-15(12-7-9-13(17)10-8-12)16(22-11)19-23(20,21)14-5-3-2-4-6-14/h2-10,19H,1H3. The second-order valence-corrected chi connectivity index (χ2v) is 6.52. The third kappa shape index (κ3) is 3.24. The summed E-state index contributed by atoms with van der Waals surface area (Å²) in [5, 5.41) is 0. The molecule has 5 nitrogen and oxygen atoms in total. The molecular weight excluding hydrogens is 319 g/mol. The Kier molecular flexibility index (Phi) is 3.87. The molecule has 3 aromatic rings. The van der Waals surface area contributed by atoms with Crippen LogP contribution in [-0.4, -0.2) is 13.4 Å². The van der Waals surface area contributed by atoms with Gasteiger partial charge in [-0.1, -0.05) is 18.2 Å². The lowest BCUT2D eigenvalue weighted by atomic mass is 10.1. The van der Waals surface area contributed by atoms with Crippen LogP contribution in [0.4, 0.5) is 10.3 Å². The van der Waals surface area contributed by atoms with E-state index in [4.69, 9.17) is 4.42 Å². The minimum atomic E-state index is -3.80. The van der Waals surface area contributed by atoms with Crippen molar-refractivity contribution in [1.82, 2.24) is 4.98 Å². The molecule has 1 aromatic heterocycles. The van der Waals surface area contributed by atoms with Crippen LogP contribution in [-0.2, 0) is 10.0 Å². The van der Waals surface area contributed by atoms with Crippen LogP contribution in [0, 0.1) is 12.7 Å². The first kappa shape index (κ1) is 15.2. The number of nitrogens with zero attached hydrogens (tertiary/aromatic N) is 1. The van der Waals surface area contributed by atoms with E-state index in [-0.39, 0.29) is 16.6 Å². The zero-order valence-electron chi connectivity index (χ0n) is 12.2. The molecule has 3 rings (SSSR count). The van der Waals surface area contributed by atoms with Gasteiger partial charge >= 0.3 is 0 Å². The fourth-order valence-corrected chi connectivity index (χ4v) is 3.10. The zero-order chi connectivity index (χ0) is 16.4. The third-order valence-electron chi connectivity index (χ3n) is 3.13. The van der Waals surface area contributed by atoms with Crippen molar-refractivity contribution in [3.05, 3.63) is 66.3 Å². The van der Waals surface area contributed by atoms with E-state index in [0.717, 1.165) is 0 Å². The molecule has 0 bridgehead atoms. The van der Waals surface area contributed by atoms with E-state index >= 15 is 0 Å².